The van der Waals surface area contributed by atoms with Gasteiger partial charge in [0.2, 0.25) is 0 Å². The Morgan fingerprint density at radius 1 is 1.04 bits per heavy atom. The van der Waals surface area contributed by atoms with Crippen molar-refractivity contribution in [2.45, 2.75) is 33.5 Å². The molecule has 0 radical (unpaired) electrons. The van der Waals surface area contributed by atoms with Crippen LogP contribution in [0.25, 0.3) is 0 Å². The van der Waals surface area contributed by atoms with Gasteiger partial charge in [-0.25, -0.2) is 0 Å². The molecule has 0 amide bonds. The molecule has 142 valence electrons. The van der Waals surface area contributed by atoms with Gasteiger partial charge in [0.25, 0.3) is 0 Å². The Balaban J connectivity index is 1.70. The lowest BCUT2D eigenvalue weighted by molar-refractivity contribution is 0.267. The fraction of sp³-hybridized carbons (Fsp3) is 0.273. The molecule has 0 saturated carbocycles. The number of hydrogen-bond acceptors (Lipinski definition) is 4. The van der Waals surface area contributed by atoms with E-state index in [-0.39, 0.29) is 0 Å². The Kier molecular flexibility index (Phi) is 7.33. The number of halogens is 1. The van der Waals surface area contributed by atoms with Crippen LogP contribution in [-0.2, 0) is 19.7 Å². The van der Waals surface area contributed by atoms with Crippen molar-refractivity contribution in [2.24, 2.45) is 0 Å². The highest BCUT2D eigenvalue weighted by Gasteiger charge is 2.13. The first-order valence-electron chi connectivity index (χ1n) is 9.03. The van der Waals surface area contributed by atoms with Crippen LogP contribution in [0.1, 0.15) is 28.5 Å². The molecule has 5 heteroatoms. The van der Waals surface area contributed by atoms with E-state index in [9.17, 15) is 0 Å². The Morgan fingerprint density at radius 2 is 1.89 bits per heavy atom. The van der Waals surface area contributed by atoms with Gasteiger partial charge in [0.15, 0.2) is 11.5 Å². The average Bonchev–Trinajstić information content (AvgIpc) is 3.16. The molecule has 0 atom stereocenters. The van der Waals surface area contributed by atoms with Crippen LogP contribution in [0.2, 0.25) is 0 Å². The standard InChI is InChI=1S/C22H24BrNO2S/c1-3-25-21-12-17(13-24-14-19-9-6-10-27-19)11-20(23)22(21)26-15-18-8-5-4-7-16(18)2/h4-12,24H,3,13-15H2,1-2H3. The molecule has 3 rings (SSSR count). The van der Waals surface area contributed by atoms with Crippen LogP contribution in [0.3, 0.4) is 0 Å². The largest absolute Gasteiger partial charge is 0.490 e. The fourth-order valence-electron chi connectivity index (χ4n) is 2.79. The van der Waals surface area contributed by atoms with Crippen molar-refractivity contribution in [1.82, 2.24) is 5.32 Å². The van der Waals surface area contributed by atoms with Crippen LogP contribution < -0.4 is 14.8 Å². The Morgan fingerprint density at radius 3 is 2.63 bits per heavy atom. The molecule has 2 aromatic carbocycles. The van der Waals surface area contributed by atoms with Gasteiger partial charge in [0.05, 0.1) is 11.1 Å². The maximum absolute atomic E-state index is 6.12. The Hall–Kier alpha value is -1.82. The summed E-state index contributed by atoms with van der Waals surface area (Å²) in [5.41, 5.74) is 3.56. The normalized spacial score (nSPS) is 10.8. The molecule has 0 aliphatic heterocycles. The van der Waals surface area contributed by atoms with Crippen molar-refractivity contribution in [2.75, 3.05) is 6.61 Å². The minimum absolute atomic E-state index is 0.515. The molecule has 0 saturated heterocycles. The van der Waals surface area contributed by atoms with Crippen molar-refractivity contribution in [3.63, 3.8) is 0 Å². The number of aryl methyl sites for hydroxylation is 1. The predicted octanol–water partition coefficient (Wildman–Crippen LogP) is 6.09. The minimum Gasteiger partial charge on any atom is -0.490 e. The van der Waals surface area contributed by atoms with E-state index < -0.39 is 0 Å². The van der Waals surface area contributed by atoms with Gasteiger partial charge >= 0.3 is 0 Å². The van der Waals surface area contributed by atoms with E-state index in [4.69, 9.17) is 9.47 Å². The smallest absolute Gasteiger partial charge is 0.175 e. The third kappa shape index (κ3) is 5.58. The summed E-state index contributed by atoms with van der Waals surface area (Å²) >= 11 is 5.42. The van der Waals surface area contributed by atoms with Crippen molar-refractivity contribution in [1.29, 1.82) is 0 Å². The van der Waals surface area contributed by atoms with E-state index in [1.54, 1.807) is 11.3 Å². The topological polar surface area (TPSA) is 30.5 Å². The molecule has 1 aromatic heterocycles. The monoisotopic (exact) mass is 445 g/mol. The number of nitrogens with one attached hydrogen (secondary N) is 1. The van der Waals surface area contributed by atoms with Crippen LogP contribution in [0, 0.1) is 6.92 Å². The second-order valence-corrected chi connectivity index (χ2v) is 8.12. The Labute approximate surface area is 173 Å². The fourth-order valence-corrected chi connectivity index (χ4v) is 4.07. The third-order valence-electron chi connectivity index (χ3n) is 4.21. The first-order valence-corrected chi connectivity index (χ1v) is 10.7. The average molecular weight is 446 g/mol. The molecular formula is C22H24BrNO2S. The highest BCUT2D eigenvalue weighted by molar-refractivity contribution is 9.10. The molecule has 0 fully saturated rings. The predicted molar refractivity (Wildman–Crippen MR) is 116 cm³/mol. The second kappa shape index (κ2) is 9.93. The zero-order valence-electron chi connectivity index (χ0n) is 15.6. The first kappa shape index (κ1) is 19.9. The summed E-state index contributed by atoms with van der Waals surface area (Å²) in [5, 5.41) is 5.58. The van der Waals surface area contributed by atoms with Gasteiger partial charge in [0.1, 0.15) is 6.61 Å². The number of ether oxygens (including phenoxy) is 2. The maximum atomic E-state index is 6.12. The molecule has 0 aliphatic carbocycles. The number of rotatable bonds is 9. The quantitative estimate of drug-likeness (QED) is 0.432. The van der Waals surface area contributed by atoms with E-state index in [0.717, 1.165) is 34.6 Å². The maximum Gasteiger partial charge on any atom is 0.175 e. The molecule has 27 heavy (non-hydrogen) atoms. The van der Waals surface area contributed by atoms with E-state index >= 15 is 0 Å². The molecule has 0 aliphatic rings. The molecule has 1 heterocycles. The summed E-state index contributed by atoms with van der Waals surface area (Å²) in [6.45, 7) is 6.83. The third-order valence-corrected chi connectivity index (χ3v) is 5.68. The molecule has 0 bridgehead atoms. The summed E-state index contributed by atoms with van der Waals surface area (Å²) in [5.74, 6) is 1.52. The summed E-state index contributed by atoms with van der Waals surface area (Å²) in [7, 11) is 0. The van der Waals surface area contributed by atoms with Crippen LogP contribution in [-0.4, -0.2) is 6.61 Å². The highest BCUT2D eigenvalue weighted by Crippen LogP contribution is 2.37. The van der Waals surface area contributed by atoms with Gasteiger partial charge in [-0.3, -0.25) is 0 Å². The van der Waals surface area contributed by atoms with Crippen molar-refractivity contribution in [3.8, 4) is 11.5 Å². The van der Waals surface area contributed by atoms with Gasteiger partial charge < -0.3 is 14.8 Å². The van der Waals surface area contributed by atoms with E-state index in [1.807, 2.05) is 19.1 Å². The molecule has 0 spiro atoms. The van der Waals surface area contributed by atoms with Gasteiger partial charge in [-0.1, -0.05) is 30.3 Å². The van der Waals surface area contributed by atoms with Crippen molar-refractivity contribution < 1.29 is 9.47 Å². The van der Waals surface area contributed by atoms with Crippen LogP contribution in [0.5, 0.6) is 11.5 Å². The van der Waals surface area contributed by atoms with Gasteiger partial charge in [-0.15, -0.1) is 11.3 Å². The number of benzene rings is 2. The van der Waals surface area contributed by atoms with Crippen molar-refractivity contribution >= 4 is 27.3 Å². The molecule has 1 N–H and O–H groups in total. The lowest BCUT2D eigenvalue weighted by atomic mass is 10.1. The lowest BCUT2D eigenvalue weighted by Crippen LogP contribution is -2.12. The van der Waals surface area contributed by atoms with E-state index in [2.05, 4.69) is 69.9 Å². The SMILES string of the molecule is CCOc1cc(CNCc2cccs2)cc(Br)c1OCc1ccccc1C. The Bertz CT molecular complexity index is 865. The second-order valence-electron chi connectivity index (χ2n) is 6.24. The highest BCUT2D eigenvalue weighted by atomic mass is 79.9. The van der Waals surface area contributed by atoms with Crippen LogP contribution >= 0.6 is 27.3 Å². The van der Waals surface area contributed by atoms with Crippen LogP contribution in [0.15, 0.2) is 58.4 Å². The first-order chi connectivity index (χ1) is 13.2. The number of thiophene rings is 1. The van der Waals surface area contributed by atoms with Gasteiger partial charge in [-0.2, -0.15) is 0 Å². The number of hydrogen-bond donors (Lipinski definition) is 1. The summed E-state index contributed by atoms with van der Waals surface area (Å²) in [6.07, 6.45) is 0. The van der Waals surface area contributed by atoms with E-state index in [0.29, 0.717) is 13.2 Å². The van der Waals surface area contributed by atoms with Gasteiger partial charge in [0, 0.05) is 18.0 Å². The molecule has 3 aromatic rings. The van der Waals surface area contributed by atoms with Crippen molar-refractivity contribution in [3.05, 3.63) is 80.0 Å². The summed E-state index contributed by atoms with van der Waals surface area (Å²) < 4.78 is 12.9. The zero-order valence-corrected chi connectivity index (χ0v) is 18.0. The summed E-state index contributed by atoms with van der Waals surface area (Å²) in [4.78, 5) is 1.33. The van der Waals surface area contributed by atoms with Gasteiger partial charge in [-0.05, 0) is 70.0 Å². The lowest BCUT2D eigenvalue weighted by Gasteiger charge is -2.16. The molecule has 0 unspecified atom stereocenters. The van der Waals surface area contributed by atoms with Crippen LogP contribution in [0.4, 0.5) is 0 Å². The molecular weight excluding hydrogens is 422 g/mol. The molecule has 3 nitrogen and oxygen atoms in total. The van der Waals surface area contributed by atoms with E-state index in [1.165, 1.54) is 16.0 Å². The minimum atomic E-state index is 0.515. The zero-order chi connectivity index (χ0) is 19.1. The summed E-state index contributed by atoms with van der Waals surface area (Å²) in [6, 6.07) is 16.6.